The number of benzene rings is 6. The van der Waals surface area contributed by atoms with Gasteiger partial charge in [0.25, 0.3) is 23.6 Å². The van der Waals surface area contributed by atoms with Gasteiger partial charge >= 0.3 is 0 Å². The second-order valence-electron chi connectivity index (χ2n) is 26.6. The lowest BCUT2D eigenvalue weighted by molar-refractivity contribution is -0.117. The fraction of sp³-hybridized carbons (Fsp3) is 0.287. The van der Waals surface area contributed by atoms with E-state index < -0.39 is 0 Å². The van der Waals surface area contributed by atoms with Gasteiger partial charge in [-0.25, -0.2) is 4.98 Å². The lowest BCUT2D eigenvalue weighted by Crippen LogP contribution is -2.37. The summed E-state index contributed by atoms with van der Waals surface area (Å²) in [5, 5.41) is 12.8. The number of anilines is 4. The van der Waals surface area contributed by atoms with Gasteiger partial charge in [-0.15, -0.1) is 0 Å². The zero-order valence-corrected chi connectivity index (χ0v) is 61.1. The Morgan fingerprint density at radius 1 is 0.558 bits per heavy atom. The number of aromatic nitrogens is 3. The molecule has 0 spiro atoms. The highest BCUT2D eigenvalue weighted by Crippen LogP contribution is 2.44. The number of carbonyl (C=O) groups excluding carboxylic acids is 6. The standard InChI is InChI=1S/C42H42N6O5S2.C37H39N5O5S.CH4/c1-42(2,55-54-39-13-7-8-18-43-39)26-45-40(50)35-21-29(25-47(35)3)27-14-16-30(17-15-27)46-38(49)12-9-19-53-37-23-33-32(22-36(37)52-4)41(51)48-31(24-44-33)20-28-10-5-6-11-34(28)48;1-37(2,48)22-39-35(44)31-17-25(21-41(31)3)23-11-13-26(14-12-23)40-34(43)10-7-15-47-33-19-29-28(18-32(33)46-4)36(45)42-27(20-38-29)16-24-8-5-6-9-30(24)42;/h5-8,10-11,13-18,21-25,31H,9,12,19-20,26H2,1-4H3,(H,45,50)(H,46,49);5-6,8-9,11-14,17-21,27,48H,7,10,15-16,22H2,1-4H3,(H,39,44)(H,40,43);1H4/t31-;27-;/m00./s1. The molecule has 7 heterocycles. The molecule has 0 unspecified atom stereocenters. The highest BCUT2D eigenvalue weighted by Gasteiger charge is 2.38. The lowest BCUT2D eigenvalue weighted by Gasteiger charge is -2.23. The normalized spacial score (nSPS) is 14.5. The fourth-order valence-electron chi connectivity index (χ4n) is 12.4. The number of carbonyl (C=O) groups is 6. The maximum atomic E-state index is 13.7. The van der Waals surface area contributed by atoms with E-state index in [1.54, 1.807) is 66.4 Å². The highest BCUT2D eigenvalue weighted by atomic mass is 33.1. The molecule has 0 saturated heterocycles. The van der Waals surface area contributed by atoms with Crippen LogP contribution >= 0.6 is 34.2 Å². The minimum absolute atomic E-state index is 0. The molecular formula is C80H85N11O10S3. The molecular weight excluding hydrogens is 1370 g/mol. The van der Waals surface area contributed by atoms with Crippen LogP contribution in [0.1, 0.15) is 114 Å². The number of nitrogens with zero attached hydrogens (tertiary/aromatic N) is 7. The molecule has 24 heteroatoms. The number of amides is 6. The summed E-state index contributed by atoms with van der Waals surface area (Å²) in [6.07, 6.45) is 12.1. The molecule has 538 valence electrons. The molecule has 104 heavy (non-hydrogen) atoms. The molecule has 3 aromatic heterocycles. The molecule has 0 saturated carbocycles. The predicted molar refractivity (Wildman–Crippen MR) is 418 cm³/mol. The number of hydrogen-bond donors (Lipinski definition) is 5. The molecule has 4 aliphatic rings. The van der Waals surface area contributed by atoms with Gasteiger partial charge in [-0.05, 0) is 146 Å². The maximum absolute atomic E-state index is 13.7. The van der Waals surface area contributed by atoms with Crippen molar-refractivity contribution in [3.05, 3.63) is 204 Å². The molecule has 4 aliphatic heterocycles. The quantitative estimate of drug-likeness (QED) is 0.0203. The lowest BCUT2D eigenvalue weighted by atomic mass is 10.1. The number of thiol groups is 1. The van der Waals surface area contributed by atoms with Gasteiger partial charge in [0.15, 0.2) is 23.0 Å². The second-order valence-corrected chi connectivity index (χ2v) is 30.7. The molecule has 0 radical (unpaired) electrons. The van der Waals surface area contributed by atoms with Gasteiger partial charge in [-0.3, -0.25) is 48.6 Å². The number of nitrogens with one attached hydrogen (secondary N) is 4. The van der Waals surface area contributed by atoms with E-state index in [2.05, 4.69) is 62.7 Å². The van der Waals surface area contributed by atoms with Crippen molar-refractivity contribution < 1.29 is 47.7 Å². The van der Waals surface area contributed by atoms with Crippen LogP contribution in [0.4, 0.5) is 34.1 Å². The van der Waals surface area contributed by atoms with Gasteiger partial charge in [0.2, 0.25) is 11.8 Å². The predicted octanol–water partition coefficient (Wildman–Crippen LogP) is 15.0. The van der Waals surface area contributed by atoms with E-state index in [1.165, 1.54) is 14.2 Å². The van der Waals surface area contributed by atoms with E-state index in [4.69, 9.17) is 18.9 Å². The van der Waals surface area contributed by atoms with Crippen molar-refractivity contribution in [2.24, 2.45) is 24.1 Å². The van der Waals surface area contributed by atoms with Crippen LogP contribution in [-0.4, -0.2) is 124 Å². The average Bonchev–Trinajstić information content (AvgIpc) is 1.60. The molecule has 0 bridgehead atoms. The summed E-state index contributed by atoms with van der Waals surface area (Å²) in [5.74, 6) is 0.952. The Balaban J connectivity index is 0.000000208. The number of ether oxygens (including phenoxy) is 4. The van der Waals surface area contributed by atoms with Crippen molar-refractivity contribution in [2.45, 2.75) is 100 Å². The number of para-hydroxylation sites is 2. The third-order valence-corrected chi connectivity index (χ3v) is 21.1. The van der Waals surface area contributed by atoms with Crippen molar-refractivity contribution in [3.63, 3.8) is 0 Å². The summed E-state index contributed by atoms with van der Waals surface area (Å²) in [4.78, 5) is 95.8. The van der Waals surface area contributed by atoms with Crippen molar-refractivity contribution in [1.82, 2.24) is 24.8 Å². The number of methoxy groups -OCH3 is 2. The molecule has 6 amide bonds. The van der Waals surface area contributed by atoms with E-state index in [9.17, 15) is 28.8 Å². The van der Waals surface area contributed by atoms with Crippen LogP contribution in [0.25, 0.3) is 22.3 Å². The van der Waals surface area contributed by atoms with E-state index >= 15 is 0 Å². The maximum Gasteiger partial charge on any atom is 0.267 e. The highest BCUT2D eigenvalue weighted by molar-refractivity contribution is 8.77. The average molecular weight is 1460 g/mol. The third-order valence-electron chi connectivity index (χ3n) is 17.7. The van der Waals surface area contributed by atoms with Crippen LogP contribution in [0.15, 0.2) is 185 Å². The second kappa shape index (κ2) is 32.8. The van der Waals surface area contributed by atoms with Crippen LogP contribution in [-0.2, 0) is 36.5 Å². The molecule has 0 aliphatic carbocycles. The molecule has 0 fully saturated rings. The van der Waals surface area contributed by atoms with Gasteiger partial charge < -0.3 is 49.3 Å². The van der Waals surface area contributed by atoms with E-state index in [-0.39, 0.29) is 90.5 Å². The number of pyridine rings is 1. The van der Waals surface area contributed by atoms with Crippen LogP contribution in [0.3, 0.4) is 0 Å². The van der Waals surface area contributed by atoms with Crippen molar-refractivity contribution >= 4 is 116 Å². The molecule has 2 atom stereocenters. The van der Waals surface area contributed by atoms with E-state index in [0.29, 0.717) is 101 Å². The minimum Gasteiger partial charge on any atom is -0.493 e. The first-order valence-electron chi connectivity index (χ1n) is 33.9. The van der Waals surface area contributed by atoms with Crippen LogP contribution in [0.2, 0.25) is 0 Å². The molecule has 9 aromatic rings. The first-order valence-corrected chi connectivity index (χ1v) is 36.5. The molecule has 4 N–H and O–H groups in total. The zero-order valence-electron chi connectivity index (χ0n) is 58.5. The number of aliphatic imine (C=N–C) groups is 2. The van der Waals surface area contributed by atoms with Gasteiger partial charge in [0.1, 0.15) is 16.4 Å². The number of fused-ring (bicyclic) bond motifs is 8. The van der Waals surface area contributed by atoms with E-state index in [0.717, 1.165) is 56.2 Å². The summed E-state index contributed by atoms with van der Waals surface area (Å²) < 4.78 is 26.3. The molecule has 13 rings (SSSR count). The van der Waals surface area contributed by atoms with Crippen molar-refractivity contribution in [3.8, 4) is 45.3 Å². The Kier molecular flexibility index (Phi) is 23.6. The summed E-state index contributed by atoms with van der Waals surface area (Å²) >= 11 is 4.47. The van der Waals surface area contributed by atoms with Crippen LogP contribution < -0.4 is 50.0 Å². The summed E-state index contributed by atoms with van der Waals surface area (Å²) in [5.41, 5.74) is 12.1. The Hall–Kier alpha value is -10.6. The summed E-state index contributed by atoms with van der Waals surface area (Å²) in [7, 11) is 10.0. The van der Waals surface area contributed by atoms with Gasteiger partial charge in [0, 0.05) is 139 Å². The Bertz CT molecular complexity index is 4720. The Labute approximate surface area is 619 Å². The monoisotopic (exact) mass is 1460 g/mol. The number of aryl methyl sites for hydroxylation is 2. The van der Waals surface area contributed by atoms with Crippen molar-refractivity contribution in [2.75, 3.05) is 61.0 Å². The smallest absolute Gasteiger partial charge is 0.267 e. The topological polar surface area (TPSA) is 241 Å². The number of hydrogen-bond acceptors (Lipinski definition) is 16. The SMILES string of the molecule is C.COc1cc2c(cc1OCCCC(=O)Nc1ccc(-c3cc(C(=O)NCC(C)(C)S)n(C)c3)cc1)N=C[C@@H]1Cc3ccccc3N1C2=O.COc1cc2c(cc1OCCCC(=O)Nc1ccc(-c3cc(C(=O)NCC(C)(C)SSc4ccccn4)n(C)c3)cc1)N=C[C@@H]1Cc3ccccc3N1C2=O. The van der Waals surface area contributed by atoms with E-state index in [1.807, 2.05) is 185 Å². The van der Waals surface area contributed by atoms with Gasteiger partial charge in [-0.1, -0.05) is 85.0 Å². The largest absolute Gasteiger partial charge is 0.493 e. The fourth-order valence-corrected chi connectivity index (χ4v) is 14.6. The first kappa shape index (κ1) is 74.6. The van der Waals surface area contributed by atoms with Crippen molar-refractivity contribution in [1.29, 1.82) is 0 Å². The van der Waals surface area contributed by atoms with Crippen LogP contribution in [0.5, 0.6) is 23.0 Å². The molecule has 21 nitrogen and oxygen atoms in total. The Morgan fingerprint density at radius 2 is 1.00 bits per heavy atom. The van der Waals surface area contributed by atoms with Crippen LogP contribution in [0, 0.1) is 0 Å². The Morgan fingerprint density at radius 3 is 1.43 bits per heavy atom. The summed E-state index contributed by atoms with van der Waals surface area (Å²) in [6, 6.07) is 46.9. The van der Waals surface area contributed by atoms with Gasteiger partial charge in [-0.2, -0.15) is 12.6 Å². The third kappa shape index (κ3) is 17.7. The molecule has 6 aromatic carbocycles. The van der Waals surface area contributed by atoms with Gasteiger partial charge in [0.05, 0.1) is 62.0 Å². The minimum atomic E-state index is -0.309. The zero-order chi connectivity index (χ0) is 72.5. The first-order chi connectivity index (χ1) is 49.6. The summed E-state index contributed by atoms with van der Waals surface area (Å²) in [6.45, 7) is 9.55. The number of rotatable bonds is 25.